The summed E-state index contributed by atoms with van der Waals surface area (Å²) in [5, 5.41) is 13.9. The lowest BCUT2D eigenvalue weighted by molar-refractivity contribution is -0.126. The first-order valence-electron chi connectivity index (χ1n) is 5.20. The number of rotatable bonds is 0. The van der Waals surface area contributed by atoms with E-state index >= 15 is 0 Å². The Balaban J connectivity index is 2.29. The number of nitriles is 1. The van der Waals surface area contributed by atoms with Gasteiger partial charge in [0.25, 0.3) is 0 Å². The molecule has 0 bridgehead atoms. The van der Waals surface area contributed by atoms with E-state index < -0.39 is 23.4 Å². The van der Waals surface area contributed by atoms with Gasteiger partial charge in [0.1, 0.15) is 5.92 Å². The van der Waals surface area contributed by atoms with Crippen molar-refractivity contribution in [3.8, 4) is 6.07 Å². The van der Waals surface area contributed by atoms with Crippen LogP contribution in [0.1, 0.15) is 32.1 Å². The van der Waals surface area contributed by atoms with Crippen LogP contribution in [0.2, 0.25) is 0 Å². The highest BCUT2D eigenvalue weighted by Crippen LogP contribution is 2.35. The normalized spacial score (nSPS) is 29.1. The number of carbonyl (C=O) groups is 2. The summed E-state index contributed by atoms with van der Waals surface area (Å²) in [4.78, 5) is 22.8. The van der Waals surface area contributed by atoms with E-state index in [9.17, 15) is 9.59 Å². The number of imide groups is 1. The maximum absolute atomic E-state index is 11.5. The van der Waals surface area contributed by atoms with Crippen molar-refractivity contribution >= 4 is 11.9 Å². The lowest BCUT2D eigenvalue weighted by Gasteiger charge is -2.43. The largest absolute Gasteiger partial charge is 0.330 e. The average molecular weight is 207 g/mol. The third kappa shape index (κ3) is 1.56. The van der Waals surface area contributed by atoms with Gasteiger partial charge in [-0.25, -0.2) is 4.79 Å². The number of amides is 3. The zero-order valence-corrected chi connectivity index (χ0v) is 8.38. The van der Waals surface area contributed by atoms with Crippen molar-refractivity contribution in [1.82, 2.24) is 10.6 Å². The van der Waals surface area contributed by atoms with Crippen molar-refractivity contribution in [2.24, 2.45) is 5.92 Å². The lowest BCUT2D eigenvalue weighted by Crippen LogP contribution is -2.66. The Morgan fingerprint density at radius 3 is 2.53 bits per heavy atom. The number of carbonyl (C=O) groups excluding carboxylic acids is 2. The first kappa shape index (κ1) is 9.97. The number of nitrogens with zero attached hydrogens (tertiary/aromatic N) is 1. The van der Waals surface area contributed by atoms with E-state index in [1.54, 1.807) is 0 Å². The third-order valence-electron chi connectivity index (χ3n) is 3.29. The second-order valence-electron chi connectivity index (χ2n) is 4.22. The molecule has 1 aliphatic carbocycles. The van der Waals surface area contributed by atoms with Gasteiger partial charge in [0.2, 0.25) is 5.91 Å². The molecule has 2 rings (SSSR count). The summed E-state index contributed by atoms with van der Waals surface area (Å²) < 4.78 is 0. The molecule has 3 amide bonds. The highest BCUT2D eigenvalue weighted by molar-refractivity contribution is 6.00. The summed E-state index contributed by atoms with van der Waals surface area (Å²) in [5.74, 6) is -1.20. The summed E-state index contributed by atoms with van der Waals surface area (Å²) in [6.07, 6.45) is 4.49. The van der Waals surface area contributed by atoms with Gasteiger partial charge in [-0.15, -0.1) is 0 Å². The van der Waals surface area contributed by atoms with Crippen molar-refractivity contribution in [2.75, 3.05) is 0 Å². The molecular formula is C10H13N3O2. The van der Waals surface area contributed by atoms with Crippen LogP contribution in [0.25, 0.3) is 0 Å². The summed E-state index contributed by atoms with van der Waals surface area (Å²) in [6.45, 7) is 0. The van der Waals surface area contributed by atoms with Crippen molar-refractivity contribution in [3.63, 3.8) is 0 Å². The van der Waals surface area contributed by atoms with E-state index in [-0.39, 0.29) is 0 Å². The highest BCUT2D eigenvalue weighted by atomic mass is 16.2. The monoisotopic (exact) mass is 207 g/mol. The van der Waals surface area contributed by atoms with Crippen LogP contribution in [0.3, 0.4) is 0 Å². The molecule has 15 heavy (non-hydrogen) atoms. The van der Waals surface area contributed by atoms with Gasteiger partial charge in [-0.2, -0.15) is 5.26 Å². The number of urea groups is 1. The van der Waals surface area contributed by atoms with Crippen LogP contribution in [0.5, 0.6) is 0 Å². The van der Waals surface area contributed by atoms with Gasteiger partial charge in [-0.05, 0) is 12.8 Å². The Labute approximate surface area is 87.8 Å². The van der Waals surface area contributed by atoms with Crippen LogP contribution in [-0.4, -0.2) is 17.5 Å². The van der Waals surface area contributed by atoms with Gasteiger partial charge in [-0.1, -0.05) is 19.3 Å². The number of hydrogen-bond donors (Lipinski definition) is 2. The molecule has 80 valence electrons. The van der Waals surface area contributed by atoms with Crippen LogP contribution in [-0.2, 0) is 4.79 Å². The van der Waals surface area contributed by atoms with E-state index in [1.165, 1.54) is 0 Å². The molecule has 2 aliphatic rings. The molecule has 1 saturated heterocycles. The van der Waals surface area contributed by atoms with Crippen molar-refractivity contribution < 1.29 is 9.59 Å². The molecule has 2 N–H and O–H groups in total. The second-order valence-corrected chi connectivity index (χ2v) is 4.22. The van der Waals surface area contributed by atoms with E-state index in [0.29, 0.717) is 0 Å². The number of hydrogen-bond acceptors (Lipinski definition) is 3. The zero-order valence-electron chi connectivity index (χ0n) is 8.38. The molecule has 0 aromatic carbocycles. The first-order valence-corrected chi connectivity index (χ1v) is 5.20. The van der Waals surface area contributed by atoms with E-state index in [4.69, 9.17) is 5.26 Å². The van der Waals surface area contributed by atoms with Crippen LogP contribution in [0, 0.1) is 17.2 Å². The molecule has 0 aromatic rings. The van der Waals surface area contributed by atoms with Crippen LogP contribution in [0.4, 0.5) is 4.79 Å². The predicted molar refractivity (Wildman–Crippen MR) is 51.6 cm³/mol. The topological polar surface area (TPSA) is 82.0 Å². The fraction of sp³-hybridized carbons (Fsp3) is 0.700. The summed E-state index contributed by atoms with van der Waals surface area (Å²) in [7, 11) is 0. The Morgan fingerprint density at radius 2 is 1.93 bits per heavy atom. The minimum absolute atomic E-state index is 0.455. The average Bonchev–Trinajstić information content (AvgIpc) is 2.18. The van der Waals surface area contributed by atoms with Crippen LogP contribution >= 0.6 is 0 Å². The van der Waals surface area contributed by atoms with Gasteiger partial charge in [-0.3, -0.25) is 10.1 Å². The number of nitrogens with one attached hydrogen (secondary N) is 2. The Hall–Kier alpha value is -1.57. The van der Waals surface area contributed by atoms with Gasteiger partial charge < -0.3 is 5.32 Å². The molecule has 1 aliphatic heterocycles. The molecule has 1 atom stereocenters. The Kier molecular flexibility index (Phi) is 2.35. The fourth-order valence-corrected chi connectivity index (χ4v) is 2.54. The van der Waals surface area contributed by atoms with E-state index in [0.717, 1.165) is 32.1 Å². The van der Waals surface area contributed by atoms with E-state index in [1.807, 2.05) is 6.07 Å². The van der Waals surface area contributed by atoms with Crippen LogP contribution in [0.15, 0.2) is 0 Å². The molecule has 0 aromatic heterocycles. The van der Waals surface area contributed by atoms with Crippen molar-refractivity contribution in [1.29, 1.82) is 5.26 Å². The quantitative estimate of drug-likeness (QED) is 0.612. The summed E-state index contributed by atoms with van der Waals surface area (Å²) in [6, 6.07) is 1.54. The minimum Gasteiger partial charge on any atom is -0.330 e. The molecule has 1 spiro atoms. The second kappa shape index (κ2) is 3.54. The van der Waals surface area contributed by atoms with Crippen molar-refractivity contribution in [2.45, 2.75) is 37.6 Å². The van der Waals surface area contributed by atoms with Crippen LogP contribution < -0.4 is 10.6 Å². The molecule has 1 heterocycles. The Morgan fingerprint density at radius 1 is 1.27 bits per heavy atom. The molecular weight excluding hydrogens is 194 g/mol. The molecule has 0 unspecified atom stereocenters. The zero-order chi connectivity index (χ0) is 10.9. The standard InChI is InChI=1S/C10H13N3O2/c11-6-7-8(14)12-9(15)13-10(7)4-2-1-3-5-10/h7H,1-5H2,(H2,12,13,14,15)/t7-/m0/s1. The van der Waals surface area contributed by atoms with E-state index in [2.05, 4.69) is 10.6 Å². The maximum atomic E-state index is 11.5. The van der Waals surface area contributed by atoms with Crippen molar-refractivity contribution in [3.05, 3.63) is 0 Å². The fourth-order valence-electron chi connectivity index (χ4n) is 2.54. The highest BCUT2D eigenvalue weighted by Gasteiger charge is 2.48. The molecule has 5 nitrogen and oxygen atoms in total. The molecule has 0 radical (unpaired) electrons. The van der Waals surface area contributed by atoms with Gasteiger partial charge in [0.15, 0.2) is 0 Å². The lowest BCUT2D eigenvalue weighted by atomic mass is 9.72. The summed E-state index contributed by atoms with van der Waals surface area (Å²) >= 11 is 0. The molecule has 1 saturated carbocycles. The molecule has 2 fully saturated rings. The molecule has 5 heteroatoms. The maximum Gasteiger partial charge on any atom is 0.321 e. The third-order valence-corrected chi connectivity index (χ3v) is 3.29. The summed E-state index contributed by atoms with van der Waals surface area (Å²) in [5.41, 5.74) is -0.605. The van der Waals surface area contributed by atoms with Gasteiger partial charge >= 0.3 is 6.03 Å². The minimum atomic E-state index is -0.740. The van der Waals surface area contributed by atoms with Gasteiger partial charge in [0.05, 0.1) is 11.6 Å². The smallest absolute Gasteiger partial charge is 0.321 e. The Bertz CT molecular complexity index is 339. The SMILES string of the molecule is N#C[C@H]1C(=O)NC(=O)NC12CCCCC2. The predicted octanol–water partition coefficient (Wildman–Crippen LogP) is 0.668. The van der Waals surface area contributed by atoms with Gasteiger partial charge in [0, 0.05) is 0 Å². The first-order chi connectivity index (χ1) is 7.18.